The highest BCUT2D eigenvalue weighted by Gasteiger charge is 2.21. The van der Waals surface area contributed by atoms with Crippen LogP contribution in [0.3, 0.4) is 0 Å². The van der Waals surface area contributed by atoms with E-state index in [9.17, 15) is 21.6 Å². The number of nitrogens with zero attached hydrogens (tertiary/aromatic N) is 2. The van der Waals surface area contributed by atoms with Gasteiger partial charge in [-0.15, -0.1) is 0 Å². The molecule has 2 aromatic rings. The van der Waals surface area contributed by atoms with Crippen molar-refractivity contribution in [2.45, 2.75) is 6.42 Å². The molecule has 0 saturated heterocycles. The lowest BCUT2D eigenvalue weighted by atomic mass is 10.2. The molecule has 1 amide bonds. The van der Waals surface area contributed by atoms with Crippen molar-refractivity contribution in [2.75, 3.05) is 36.2 Å². The summed E-state index contributed by atoms with van der Waals surface area (Å²) in [6.07, 6.45) is 3.48. The maximum atomic E-state index is 12.0. The van der Waals surface area contributed by atoms with E-state index in [1.807, 2.05) is 0 Å². The predicted octanol–water partition coefficient (Wildman–Crippen LogP) is 0.388. The van der Waals surface area contributed by atoms with E-state index in [0.717, 1.165) is 16.8 Å². The van der Waals surface area contributed by atoms with Gasteiger partial charge in [0.1, 0.15) is 21.9 Å². The average Bonchev–Trinajstić information content (AvgIpc) is 2.91. The number of amides is 1. The van der Waals surface area contributed by atoms with Crippen LogP contribution in [0, 0.1) is 0 Å². The molecular formula is C14H19N3O6S2. The van der Waals surface area contributed by atoms with E-state index in [4.69, 9.17) is 4.42 Å². The molecule has 0 aliphatic rings. The largest absolute Gasteiger partial charge is 0.445 e. The average molecular weight is 389 g/mol. The van der Waals surface area contributed by atoms with Gasteiger partial charge >= 0.3 is 0 Å². The first kappa shape index (κ1) is 19.2. The number of rotatable bonds is 7. The lowest BCUT2D eigenvalue weighted by Gasteiger charge is -2.20. The SMILES string of the molecule is CNC(=O)c1coc2nc(N(CCCS(C)(=O)=O)S(C)(=O)=O)ccc12. The first-order valence-corrected chi connectivity index (χ1v) is 11.2. The Morgan fingerprint density at radius 1 is 1.24 bits per heavy atom. The molecule has 0 atom stereocenters. The lowest BCUT2D eigenvalue weighted by molar-refractivity contribution is 0.0964. The number of hydrogen-bond acceptors (Lipinski definition) is 7. The Bertz CT molecular complexity index is 995. The first-order chi connectivity index (χ1) is 11.5. The molecule has 0 spiro atoms. The van der Waals surface area contributed by atoms with Gasteiger partial charge in [0.05, 0.1) is 23.0 Å². The Balaban J connectivity index is 2.36. The molecule has 0 saturated carbocycles. The highest BCUT2D eigenvalue weighted by molar-refractivity contribution is 7.92. The molecule has 0 aliphatic carbocycles. The minimum absolute atomic E-state index is 0.0343. The topological polar surface area (TPSA) is 127 Å². The van der Waals surface area contributed by atoms with E-state index < -0.39 is 19.9 Å². The van der Waals surface area contributed by atoms with Gasteiger partial charge in [0.15, 0.2) is 0 Å². The van der Waals surface area contributed by atoms with Crippen LogP contribution in [-0.4, -0.2) is 59.6 Å². The Hall–Kier alpha value is -2.14. The van der Waals surface area contributed by atoms with E-state index in [1.165, 1.54) is 19.4 Å². The fourth-order valence-electron chi connectivity index (χ4n) is 2.27. The van der Waals surface area contributed by atoms with Crippen LogP contribution in [0.5, 0.6) is 0 Å². The molecule has 25 heavy (non-hydrogen) atoms. The number of fused-ring (bicyclic) bond motifs is 1. The molecule has 138 valence electrons. The third kappa shape index (κ3) is 4.69. The van der Waals surface area contributed by atoms with Crippen LogP contribution in [0.25, 0.3) is 11.1 Å². The van der Waals surface area contributed by atoms with E-state index in [2.05, 4.69) is 10.3 Å². The van der Waals surface area contributed by atoms with Crippen molar-refractivity contribution in [2.24, 2.45) is 0 Å². The quantitative estimate of drug-likeness (QED) is 0.725. The highest BCUT2D eigenvalue weighted by Crippen LogP contribution is 2.24. The number of sulfonamides is 1. The maximum absolute atomic E-state index is 12.0. The van der Waals surface area contributed by atoms with Crippen molar-refractivity contribution in [1.82, 2.24) is 10.3 Å². The summed E-state index contributed by atoms with van der Waals surface area (Å²) in [5.41, 5.74) is 0.410. The van der Waals surface area contributed by atoms with Crippen LogP contribution < -0.4 is 9.62 Å². The van der Waals surface area contributed by atoms with Gasteiger partial charge < -0.3 is 9.73 Å². The number of nitrogens with one attached hydrogen (secondary N) is 1. The van der Waals surface area contributed by atoms with Gasteiger partial charge in [0.25, 0.3) is 5.91 Å². The number of pyridine rings is 1. The molecule has 0 aromatic carbocycles. The van der Waals surface area contributed by atoms with Crippen molar-refractivity contribution < 1.29 is 26.0 Å². The fourth-order valence-corrected chi connectivity index (χ4v) is 3.83. The predicted molar refractivity (Wildman–Crippen MR) is 93.9 cm³/mol. The van der Waals surface area contributed by atoms with E-state index >= 15 is 0 Å². The number of carbonyl (C=O) groups is 1. The van der Waals surface area contributed by atoms with Crippen LogP contribution in [-0.2, 0) is 19.9 Å². The summed E-state index contributed by atoms with van der Waals surface area (Å²) < 4.78 is 52.8. The van der Waals surface area contributed by atoms with Crippen LogP contribution in [0.1, 0.15) is 16.8 Å². The van der Waals surface area contributed by atoms with Crippen LogP contribution in [0.2, 0.25) is 0 Å². The molecular weight excluding hydrogens is 370 g/mol. The van der Waals surface area contributed by atoms with Crippen molar-refractivity contribution in [3.8, 4) is 0 Å². The molecule has 2 heterocycles. The van der Waals surface area contributed by atoms with Gasteiger partial charge in [-0.2, -0.15) is 4.98 Å². The van der Waals surface area contributed by atoms with Crippen molar-refractivity contribution in [3.05, 3.63) is 24.0 Å². The normalized spacial score (nSPS) is 12.3. The summed E-state index contributed by atoms with van der Waals surface area (Å²) in [5.74, 6) is -0.384. The molecule has 0 unspecified atom stereocenters. The smallest absolute Gasteiger partial charge is 0.254 e. The Labute approximate surface area is 146 Å². The lowest BCUT2D eigenvalue weighted by Crippen LogP contribution is -2.32. The van der Waals surface area contributed by atoms with Gasteiger partial charge in [0.2, 0.25) is 15.7 Å². The molecule has 9 nitrogen and oxygen atoms in total. The van der Waals surface area contributed by atoms with Gasteiger partial charge in [-0.3, -0.25) is 9.10 Å². The van der Waals surface area contributed by atoms with Gasteiger partial charge in [0, 0.05) is 19.8 Å². The maximum Gasteiger partial charge on any atom is 0.254 e. The van der Waals surface area contributed by atoms with E-state index in [-0.39, 0.29) is 36.2 Å². The monoisotopic (exact) mass is 389 g/mol. The molecule has 1 N–H and O–H groups in total. The summed E-state index contributed by atoms with van der Waals surface area (Å²) in [5, 5.41) is 2.92. The zero-order chi connectivity index (χ0) is 18.8. The molecule has 0 bridgehead atoms. The minimum atomic E-state index is -3.66. The number of hydrogen-bond donors (Lipinski definition) is 1. The Morgan fingerprint density at radius 3 is 2.48 bits per heavy atom. The Morgan fingerprint density at radius 2 is 1.92 bits per heavy atom. The second kappa shape index (κ2) is 7.00. The molecule has 0 fully saturated rings. The van der Waals surface area contributed by atoms with E-state index in [0.29, 0.717) is 10.9 Å². The minimum Gasteiger partial charge on any atom is -0.445 e. The molecule has 0 radical (unpaired) electrons. The van der Waals surface area contributed by atoms with Crippen molar-refractivity contribution >= 4 is 42.7 Å². The summed E-state index contributed by atoms with van der Waals surface area (Å²) in [6, 6.07) is 2.99. The standard InChI is InChI=1S/C14H19N3O6S2/c1-15-13(18)11-9-23-14-10(11)5-6-12(16-14)17(25(3,21)22)7-4-8-24(2,19)20/h5-6,9H,4,7-8H2,1-3H3,(H,15,18). The molecule has 2 aromatic heterocycles. The highest BCUT2D eigenvalue weighted by atomic mass is 32.2. The zero-order valence-corrected chi connectivity index (χ0v) is 15.6. The van der Waals surface area contributed by atoms with Crippen LogP contribution >= 0.6 is 0 Å². The summed E-state index contributed by atoms with van der Waals surface area (Å²) in [6.45, 7) is -0.0343. The van der Waals surface area contributed by atoms with E-state index in [1.54, 1.807) is 6.07 Å². The van der Waals surface area contributed by atoms with Crippen LogP contribution in [0.4, 0.5) is 5.82 Å². The molecule has 0 aliphatic heterocycles. The second-order valence-corrected chi connectivity index (χ2v) is 9.74. The first-order valence-electron chi connectivity index (χ1n) is 7.28. The van der Waals surface area contributed by atoms with Crippen molar-refractivity contribution in [3.63, 3.8) is 0 Å². The van der Waals surface area contributed by atoms with Crippen LogP contribution in [0.15, 0.2) is 22.8 Å². The number of carbonyl (C=O) groups excluding carboxylic acids is 1. The second-order valence-electron chi connectivity index (χ2n) is 5.57. The summed E-state index contributed by atoms with van der Waals surface area (Å²) >= 11 is 0. The van der Waals surface area contributed by atoms with Crippen molar-refractivity contribution in [1.29, 1.82) is 0 Å². The zero-order valence-electron chi connectivity index (χ0n) is 14.0. The van der Waals surface area contributed by atoms with Gasteiger partial charge in [-0.05, 0) is 18.6 Å². The number of aromatic nitrogens is 1. The summed E-state index contributed by atoms with van der Waals surface area (Å²) in [4.78, 5) is 15.9. The number of furan rings is 1. The Kier molecular flexibility index (Phi) is 5.37. The third-order valence-corrected chi connectivity index (χ3v) is 5.63. The number of anilines is 1. The fraction of sp³-hybridized carbons (Fsp3) is 0.429. The summed E-state index contributed by atoms with van der Waals surface area (Å²) in [7, 11) is -5.38. The number of sulfone groups is 1. The van der Waals surface area contributed by atoms with Gasteiger partial charge in [-0.1, -0.05) is 0 Å². The molecule has 2 rings (SSSR count). The molecule has 11 heteroatoms. The van der Waals surface area contributed by atoms with Gasteiger partial charge in [-0.25, -0.2) is 16.8 Å². The third-order valence-electron chi connectivity index (χ3n) is 3.43.